The molecule has 1 heterocycles. The Morgan fingerprint density at radius 3 is 1.00 bits per heavy atom. The number of nitrogens with zero attached hydrogens (tertiary/aromatic N) is 3. The highest BCUT2D eigenvalue weighted by Crippen LogP contribution is 2.08. The second kappa shape index (κ2) is 12.9. The van der Waals surface area contributed by atoms with Crippen LogP contribution in [-0.2, 0) is 19.3 Å². The monoisotopic (exact) mass is 483 g/mol. The van der Waals surface area contributed by atoms with Gasteiger partial charge in [0.2, 0.25) is 0 Å². The zero-order chi connectivity index (χ0) is 15.3. The highest BCUT2D eigenvalue weighted by Gasteiger charge is 2.07. The van der Waals surface area contributed by atoms with Crippen LogP contribution in [0.4, 0.5) is 0 Å². The number of hydrogen-bond donors (Lipinski definition) is 0. The van der Waals surface area contributed by atoms with Crippen LogP contribution < -0.4 is 0 Å². The minimum absolute atomic E-state index is 0.963. The molecule has 0 bridgehead atoms. The fourth-order valence-electron chi connectivity index (χ4n) is 1.99. The summed E-state index contributed by atoms with van der Waals surface area (Å²) in [6.45, 7) is 0. The summed E-state index contributed by atoms with van der Waals surface area (Å²) in [4.78, 5) is 13.9. The molecule has 0 spiro atoms. The highest BCUT2D eigenvalue weighted by molar-refractivity contribution is 9.09. The topological polar surface area (TPSA) is 38.7 Å². The Labute approximate surface area is 153 Å². The van der Waals surface area contributed by atoms with Crippen molar-refractivity contribution in [1.82, 2.24) is 15.0 Å². The molecule has 0 aliphatic carbocycles. The summed E-state index contributed by atoms with van der Waals surface area (Å²) in [5.41, 5.74) is 0. The Balaban J connectivity index is 2.65. The lowest BCUT2D eigenvalue weighted by Crippen LogP contribution is -2.09. The van der Waals surface area contributed by atoms with Gasteiger partial charge >= 0.3 is 0 Å². The lowest BCUT2D eigenvalue weighted by Gasteiger charge is -2.07. The van der Waals surface area contributed by atoms with Crippen molar-refractivity contribution in [3.63, 3.8) is 0 Å². The molecule has 1 aromatic heterocycles. The van der Waals surface area contributed by atoms with Crippen molar-refractivity contribution in [2.45, 2.75) is 57.8 Å². The molecule has 3 nitrogen and oxygen atoms in total. The molecule has 0 aliphatic rings. The van der Waals surface area contributed by atoms with Crippen LogP contribution in [0.25, 0.3) is 0 Å². The number of alkyl halides is 3. The van der Waals surface area contributed by atoms with Crippen LogP contribution in [0.5, 0.6) is 0 Å². The Morgan fingerprint density at radius 2 is 0.762 bits per heavy atom. The van der Waals surface area contributed by atoms with Gasteiger partial charge in [0.1, 0.15) is 17.5 Å². The van der Waals surface area contributed by atoms with E-state index in [1.807, 2.05) is 0 Å². The molecule has 0 amide bonds. The molecule has 0 N–H and O–H groups in total. The van der Waals surface area contributed by atoms with Crippen LogP contribution in [0.1, 0.15) is 56.0 Å². The molecule has 0 fully saturated rings. The van der Waals surface area contributed by atoms with Crippen LogP contribution in [0.2, 0.25) is 0 Å². The SMILES string of the molecule is BrCCCCc1nc(CCCCBr)nc(CCCCBr)n1. The van der Waals surface area contributed by atoms with Gasteiger partial charge in [0.05, 0.1) is 0 Å². The minimum Gasteiger partial charge on any atom is -0.218 e. The molecule has 0 unspecified atom stereocenters. The fourth-order valence-corrected chi connectivity index (χ4v) is 3.18. The van der Waals surface area contributed by atoms with Gasteiger partial charge in [0.15, 0.2) is 0 Å². The van der Waals surface area contributed by atoms with E-state index in [1.165, 1.54) is 19.3 Å². The van der Waals surface area contributed by atoms with E-state index < -0.39 is 0 Å². The van der Waals surface area contributed by atoms with E-state index in [4.69, 9.17) is 0 Å². The van der Waals surface area contributed by atoms with Crippen LogP contribution in [-0.4, -0.2) is 30.9 Å². The van der Waals surface area contributed by atoms with E-state index in [2.05, 4.69) is 62.7 Å². The lowest BCUT2D eigenvalue weighted by molar-refractivity contribution is 0.666. The van der Waals surface area contributed by atoms with Gasteiger partial charge in [-0.3, -0.25) is 0 Å². The predicted molar refractivity (Wildman–Crippen MR) is 100 cm³/mol. The maximum atomic E-state index is 4.64. The number of unbranched alkanes of at least 4 members (excludes halogenated alkanes) is 3. The molecule has 0 aliphatic heterocycles. The summed E-state index contributed by atoms with van der Waals surface area (Å²) < 4.78 is 0. The summed E-state index contributed by atoms with van der Waals surface area (Å²) in [6, 6.07) is 0. The first-order valence-corrected chi connectivity index (χ1v) is 11.1. The van der Waals surface area contributed by atoms with Gasteiger partial charge in [0, 0.05) is 35.3 Å². The molecule has 1 rings (SSSR count). The largest absolute Gasteiger partial charge is 0.218 e. The standard InChI is InChI=1S/C15H24Br3N3/c16-10-4-1-7-13-19-14(8-2-5-11-17)21-15(20-13)9-3-6-12-18/h1-12H2. The van der Waals surface area contributed by atoms with E-state index in [-0.39, 0.29) is 0 Å². The molecule has 0 aromatic carbocycles. The third-order valence-corrected chi connectivity index (χ3v) is 4.81. The Morgan fingerprint density at radius 1 is 0.476 bits per heavy atom. The molecule has 0 saturated carbocycles. The Hall–Kier alpha value is 0.450. The quantitative estimate of drug-likeness (QED) is 0.308. The first-order valence-electron chi connectivity index (χ1n) is 7.70. The molecule has 120 valence electrons. The van der Waals surface area contributed by atoms with Crippen molar-refractivity contribution in [1.29, 1.82) is 0 Å². The number of aryl methyl sites for hydroxylation is 3. The molecular weight excluding hydrogens is 462 g/mol. The fraction of sp³-hybridized carbons (Fsp3) is 0.800. The molecular formula is C15H24Br3N3. The second-order valence-electron chi connectivity index (χ2n) is 5.02. The Kier molecular flexibility index (Phi) is 12.0. The number of halogens is 3. The highest BCUT2D eigenvalue weighted by atomic mass is 79.9. The maximum absolute atomic E-state index is 4.64. The maximum Gasteiger partial charge on any atom is 0.132 e. The molecule has 0 atom stereocenters. The summed E-state index contributed by atoms with van der Waals surface area (Å²) in [7, 11) is 0. The van der Waals surface area contributed by atoms with E-state index in [0.717, 1.165) is 72.0 Å². The average Bonchev–Trinajstić information content (AvgIpc) is 2.48. The predicted octanol–water partition coefficient (Wildman–Crippen LogP) is 5.02. The van der Waals surface area contributed by atoms with Crippen molar-refractivity contribution in [3.05, 3.63) is 17.5 Å². The van der Waals surface area contributed by atoms with Gasteiger partial charge < -0.3 is 0 Å². The van der Waals surface area contributed by atoms with Gasteiger partial charge in [-0.2, -0.15) is 0 Å². The second-order valence-corrected chi connectivity index (χ2v) is 7.40. The van der Waals surface area contributed by atoms with Gasteiger partial charge in [-0.15, -0.1) is 0 Å². The zero-order valence-corrected chi connectivity index (χ0v) is 17.2. The van der Waals surface area contributed by atoms with Crippen molar-refractivity contribution in [2.24, 2.45) is 0 Å². The third-order valence-electron chi connectivity index (χ3n) is 3.13. The van der Waals surface area contributed by atoms with E-state index in [1.54, 1.807) is 0 Å². The van der Waals surface area contributed by atoms with Gasteiger partial charge in [-0.25, -0.2) is 15.0 Å². The molecule has 1 aromatic rings. The van der Waals surface area contributed by atoms with E-state index in [9.17, 15) is 0 Å². The van der Waals surface area contributed by atoms with Gasteiger partial charge in [0.25, 0.3) is 0 Å². The smallest absolute Gasteiger partial charge is 0.132 e. The average molecular weight is 486 g/mol. The minimum atomic E-state index is 0.963. The molecule has 0 saturated heterocycles. The summed E-state index contributed by atoms with van der Waals surface area (Å²) in [5.74, 6) is 2.94. The van der Waals surface area contributed by atoms with Crippen LogP contribution in [0.15, 0.2) is 0 Å². The number of rotatable bonds is 12. The van der Waals surface area contributed by atoms with Crippen molar-refractivity contribution >= 4 is 47.8 Å². The van der Waals surface area contributed by atoms with E-state index in [0.29, 0.717) is 0 Å². The van der Waals surface area contributed by atoms with Gasteiger partial charge in [-0.1, -0.05) is 47.8 Å². The van der Waals surface area contributed by atoms with Crippen molar-refractivity contribution in [2.75, 3.05) is 16.0 Å². The van der Waals surface area contributed by atoms with E-state index >= 15 is 0 Å². The normalized spacial score (nSPS) is 11.0. The number of hydrogen-bond acceptors (Lipinski definition) is 3. The number of aromatic nitrogens is 3. The molecule has 0 radical (unpaired) electrons. The van der Waals surface area contributed by atoms with Crippen LogP contribution in [0, 0.1) is 0 Å². The van der Waals surface area contributed by atoms with Gasteiger partial charge in [-0.05, 0) is 38.5 Å². The summed E-state index contributed by atoms with van der Waals surface area (Å²) >= 11 is 10.4. The van der Waals surface area contributed by atoms with Crippen LogP contribution in [0.3, 0.4) is 0 Å². The Bertz CT molecular complexity index is 319. The molecule has 21 heavy (non-hydrogen) atoms. The lowest BCUT2D eigenvalue weighted by atomic mass is 10.2. The summed E-state index contributed by atoms with van der Waals surface area (Å²) in [6.07, 6.45) is 9.81. The zero-order valence-electron chi connectivity index (χ0n) is 12.5. The first-order chi connectivity index (χ1) is 10.3. The van der Waals surface area contributed by atoms with Crippen molar-refractivity contribution in [3.8, 4) is 0 Å². The van der Waals surface area contributed by atoms with Crippen LogP contribution >= 0.6 is 47.8 Å². The van der Waals surface area contributed by atoms with Crippen molar-refractivity contribution < 1.29 is 0 Å². The first kappa shape index (κ1) is 19.5. The third kappa shape index (κ3) is 9.24. The molecule has 6 heteroatoms. The summed E-state index contributed by atoms with van der Waals surface area (Å²) in [5, 5.41) is 3.15.